The highest BCUT2D eigenvalue weighted by Gasteiger charge is 2.13. The summed E-state index contributed by atoms with van der Waals surface area (Å²) in [6.45, 7) is 2.85. The van der Waals surface area contributed by atoms with E-state index >= 15 is 0 Å². The predicted molar refractivity (Wildman–Crippen MR) is 61.0 cm³/mol. The monoisotopic (exact) mass is 224 g/mol. The second-order valence-corrected chi connectivity index (χ2v) is 3.69. The lowest BCUT2D eigenvalue weighted by atomic mass is 9.97. The molecule has 0 spiro atoms. The van der Waals surface area contributed by atoms with Gasteiger partial charge in [0.05, 0.1) is 0 Å². The second-order valence-electron chi connectivity index (χ2n) is 3.69. The molecular weight excluding hydrogens is 208 g/mol. The Balaban J connectivity index is 2.39. The van der Waals surface area contributed by atoms with Crippen LogP contribution in [0.3, 0.4) is 0 Å². The van der Waals surface area contributed by atoms with Crippen LogP contribution in [0.2, 0.25) is 0 Å². The van der Waals surface area contributed by atoms with Gasteiger partial charge in [-0.05, 0) is 25.7 Å². The third-order valence-corrected chi connectivity index (χ3v) is 2.15. The van der Waals surface area contributed by atoms with Crippen LogP contribution in [0.15, 0.2) is 10.2 Å². The Morgan fingerprint density at radius 3 is 1.44 bits per heavy atom. The molecule has 1 aliphatic rings. The lowest BCUT2D eigenvalue weighted by Gasteiger charge is -2.14. The van der Waals surface area contributed by atoms with Crippen LogP contribution in [0.1, 0.15) is 39.5 Å². The van der Waals surface area contributed by atoms with Gasteiger partial charge in [0.15, 0.2) is 0 Å². The highest BCUT2D eigenvalue weighted by molar-refractivity contribution is 5.98. The van der Waals surface area contributed by atoms with Crippen LogP contribution in [0.4, 0.5) is 0 Å². The molecule has 1 saturated carbocycles. The zero-order valence-corrected chi connectivity index (χ0v) is 9.54. The number of amides is 2. The molecular formula is C10H16N4O2. The Hall–Kier alpha value is -1.72. The average molecular weight is 224 g/mol. The summed E-state index contributed by atoms with van der Waals surface area (Å²) in [7, 11) is 0. The quantitative estimate of drug-likeness (QED) is 0.671. The maximum Gasteiger partial charge on any atom is 0.236 e. The third kappa shape index (κ3) is 4.68. The van der Waals surface area contributed by atoms with E-state index in [0.29, 0.717) is 0 Å². The SMILES string of the molecule is CC(=O)NN=C1CCC(=NNC(C)=O)CC1. The summed E-state index contributed by atoms with van der Waals surface area (Å²) in [5, 5.41) is 7.97. The molecule has 2 N–H and O–H groups in total. The van der Waals surface area contributed by atoms with Gasteiger partial charge in [0.25, 0.3) is 0 Å². The van der Waals surface area contributed by atoms with Gasteiger partial charge in [0.1, 0.15) is 0 Å². The molecule has 16 heavy (non-hydrogen) atoms. The van der Waals surface area contributed by atoms with Gasteiger partial charge >= 0.3 is 0 Å². The van der Waals surface area contributed by atoms with Crippen LogP contribution < -0.4 is 10.9 Å². The molecule has 0 aliphatic heterocycles. The van der Waals surface area contributed by atoms with E-state index in [-0.39, 0.29) is 11.8 Å². The minimum Gasteiger partial charge on any atom is -0.274 e. The summed E-state index contributed by atoms with van der Waals surface area (Å²) in [4.78, 5) is 21.3. The van der Waals surface area contributed by atoms with E-state index < -0.39 is 0 Å². The molecule has 0 atom stereocenters. The van der Waals surface area contributed by atoms with E-state index in [9.17, 15) is 9.59 Å². The fourth-order valence-electron chi connectivity index (χ4n) is 1.37. The number of hydrazone groups is 2. The number of nitrogens with one attached hydrogen (secondary N) is 2. The van der Waals surface area contributed by atoms with Gasteiger partial charge in [-0.2, -0.15) is 10.2 Å². The van der Waals surface area contributed by atoms with Crippen LogP contribution in [-0.4, -0.2) is 23.2 Å². The zero-order chi connectivity index (χ0) is 12.0. The van der Waals surface area contributed by atoms with Crippen molar-refractivity contribution < 1.29 is 9.59 Å². The van der Waals surface area contributed by atoms with E-state index in [0.717, 1.165) is 37.1 Å². The van der Waals surface area contributed by atoms with E-state index in [1.54, 1.807) is 0 Å². The second kappa shape index (κ2) is 5.99. The Morgan fingerprint density at radius 1 is 0.875 bits per heavy atom. The van der Waals surface area contributed by atoms with Gasteiger partial charge in [0.2, 0.25) is 11.8 Å². The molecule has 0 bridgehead atoms. The largest absolute Gasteiger partial charge is 0.274 e. The third-order valence-electron chi connectivity index (χ3n) is 2.15. The maximum absolute atomic E-state index is 10.6. The summed E-state index contributed by atoms with van der Waals surface area (Å²) in [6.07, 6.45) is 3.11. The van der Waals surface area contributed by atoms with E-state index in [4.69, 9.17) is 0 Å². The highest BCUT2D eigenvalue weighted by atomic mass is 16.2. The summed E-state index contributed by atoms with van der Waals surface area (Å²) in [6, 6.07) is 0. The first-order valence-electron chi connectivity index (χ1n) is 5.22. The smallest absolute Gasteiger partial charge is 0.236 e. The minimum absolute atomic E-state index is 0.162. The first-order chi connectivity index (χ1) is 7.58. The van der Waals surface area contributed by atoms with E-state index in [1.807, 2.05) is 0 Å². The van der Waals surface area contributed by atoms with Gasteiger partial charge in [-0.3, -0.25) is 9.59 Å². The van der Waals surface area contributed by atoms with Crippen molar-refractivity contribution in [2.75, 3.05) is 0 Å². The van der Waals surface area contributed by atoms with Crippen molar-refractivity contribution in [3.05, 3.63) is 0 Å². The first-order valence-corrected chi connectivity index (χ1v) is 5.22. The number of carbonyl (C=O) groups is 2. The van der Waals surface area contributed by atoms with E-state index in [2.05, 4.69) is 21.1 Å². The van der Waals surface area contributed by atoms with Gasteiger partial charge < -0.3 is 0 Å². The van der Waals surface area contributed by atoms with Crippen molar-refractivity contribution in [2.24, 2.45) is 10.2 Å². The molecule has 0 aromatic heterocycles. The number of carbonyl (C=O) groups excluding carboxylic acids is 2. The number of hydrogen-bond donors (Lipinski definition) is 2. The van der Waals surface area contributed by atoms with Crippen molar-refractivity contribution in [1.29, 1.82) is 0 Å². The van der Waals surface area contributed by atoms with Crippen LogP contribution in [0.5, 0.6) is 0 Å². The minimum atomic E-state index is -0.162. The number of rotatable bonds is 2. The highest BCUT2D eigenvalue weighted by Crippen LogP contribution is 2.12. The predicted octanol–water partition coefficient (Wildman–Crippen LogP) is 0.545. The van der Waals surface area contributed by atoms with E-state index in [1.165, 1.54) is 13.8 Å². The lowest BCUT2D eigenvalue weighted by molar-refractivity contribution is -0.119. The van der Waals surface area contributed by atoms with Gasteiger partial charge in [0, 0.05) is 25.3 Å². The van der Waals surface area contributed by atoms with Crippen molar-refractivity contribution >= 4 is 23.2 Å². The Bertz CT molecular complexity index is 301. The summed E-state index contributed by atoms with van der Waals surface area (Å²) in [5.74, 6) is -0.324. The van der Waals surface area contributed by atoms with Crippen molar-refractivity contribution in [3.8, 4) is 0 Å². The molecule has 88 valence electrons. The average Bonchev–Trinajstić information content (AvgIpc) is 2.25. The Kier molecular flexibility index (Phi) is 4.63. The number of hydrogen-bond acceptors (Lipinski definition) is 4. The molecule has 0 aromatic carbocycles. The van der Waals surface area contributed by atoms with Crippen LogP contribution in [-0.2, 0) is 9.59 Å². The Labute approximate surface area is 94.2 Å². The number of nitrogens with zero attached hydrogens (tertiary/aromatic N) is 2. The normalized spacial score (nSPS) is 15.4. The van der Waals surface area contributed by atoms with Gasteiger partial charge in [-0.25, -0.2) is 10.9 Å². The molecule has 0 saturated heterocycles. The van der Waals surface area contributed by atoms with Gasteiger partial charge in [-0.15, -0.1) is 0 Å². The standard InChI is InChI=1S/C10H16N4O2/c1-7(15)11-13-9-3-5-10(6-4-9)14-12-8(2)16/h3-6H2,1-2H3,(H,11,15)(H,12,16). The van der Waals surface area contributed by atoms with Crippen molar-refractivity contribution in [1.82, 2.24) is 10.9 Å². The molecule has 0 radical (unpaired) electrons. The fourth-order valence-corrected chi connectivity index (χ4v) is 1.37. The molecule has 1 rings (SSSR count). The summed E-state index contributed by atoms with van der Waals surface area (Å²) < 4.78 is 0. The summed E-state index contributed by atoms with van der Waals surface area (Å²) >= 11 is 0. The molecule has 1 aliphatic carbocycles. The summed E-state index contributed by atoms with van der Waals surface area (Å²) in [5.41, 5.74) is 6.78. The maximum atomic E-state index is 10.6. The molecule has 6 heteroatoms. The fraction of sp³-hybridized carbons (Fsp3) is 0.600. The molecule has 0 aromatic rings. The lowest BCUT2D eigenvalue weighted by Crippen LogP contribution is -2.22. The molecule has 0 unspecified atom stereocenters. The molecule has 0 heterocycles. The first kappa shape index (κ1) is 12.4. The Morgan fingerprint density at radius 2 is 1.19 bits per heavy atom. The van der Waals surface area contributed by atoms with Crippen molar-refractivity contribution in [3.63, 3.8) is 0 Å². The topological polar surface area (TPSA) is 82.9 Å². The van der Waals surface area contributed by atoms with Crippen LogP contribution >= 0.6 is 0 Å². The molecule has 6 nitrogen and oxygen atoms in total. The van der Waals surface area contributed by atoms with Crippen LogP contribution in [0, 0.1) is 0 Å². The van der Waals surface area contributed by atoms with Crippen LogP contribution in [0.25, 0.3) is 0 Å². The van der Waals surface area contributed by atoms with Crippen molar-refractivity contribution in [2.45, 2.75) is 39.5 Å². The molecule has 1 fully saturated rings. The zero-order valence-electron chi connectivity index (χ0n) is 9.54. The molecule has 2 amide bonds. The van der Waals surface area contributed by atoms with Gasteiger partial charge in [-0.1, -0.05) is 0 Å².